The molecule has 2 aliphatic carbocycles. The van der Waals surface area contributed by atoms with Crippen LogP contribution in [0.1, 0.15) is 51.9 Å². The summed E-state index contributed by atoms with van der Waals surface area (Å²) in [7, 11) is 0. The normalized spacial score (nSPS) is 39.4. The van der Waals surface area contributed by atoms with Crippen molar-refractivity contribution < 1.29 is 4.79 Å². The van der Waals surface area contributed by atoms with Crippen molar-refractivity contribution >= 4 is 5.91 Å². The van der Waals surface area contributed by atoms with Crippen LogP contribution in [0.25, 0.3) is 0 Å². The van der Waals surface area contributed by atoms with Crippen LogP contribution in [0.4, 0.5) is 0 Å². The van der Waals surface area contributed by atoms with E-state index in [1.807, 2.05) is 0 Å². The molecule has 3 heteroatoms. The van der Waals surface area contributed by atoms with Gasteiger partial charge in [0.05, 0.1) is 6.04 Å². The highest BCUT2D eigenvalue weighted by Crippen LogP contribution is 2.44. The number of hydrogen-bond donors (Lipinski definition) is 1. The average molecular weight is 250 g/mol. The van der Waals surface area contributed by atoms with Gasteiger partial charge >= 0.3 is 0 Å². The fourth-order valence-electron chi connectivity index (χ4n) is 4.38. The quantitative estimate of drug-likeness (QED) is 0.829. The maximum Gasteiger partial charge on any atom is 0.237 e. The van der Waals surface area contributed by atoms with Crippen molar-refractivity contribution in [2.24, 2.45) is 11.8 Å². The topological polar surface area (TPSA) is 32.3 Å². The lowest BCUT2D eigenvalue weighted by molar-refractivity contribution is -0.126. The minimum atomic E-state index is 0.170. The monoisotopic (exact) mass is 250 g/mol. The van der Waals surface area contributed by atoms with Crippen molar-refractivity contribution in [1.29, 1.82) is 0 Å². The summed E-state index contributed by atoms with van der Waals surface area (Å²) >= 11 is 0. The van der Waals surface area contributed by atoms with Crippen LogP contribution in [0.3, 0.4) is 0 Å². The summed E-state index contributed by atoms with van der Waals surface area (Å²) < 4.78 is 0. The lowest BCUT2D eigenvalue weighted by Gasteiger charge is -2.28. The molecule has 18 heavy (non-hydrogen) atoms. The molecule has 1 N–H and O–H groups in total. The molecule has 3 aliphatic rings. The molecule has 0 aromatic heterocycles. The van der Waals surface area contributed by atoms with Crippen LogP contribution in [-0.4, -0.2) is 36.0 Å². The molecular weight excluding hydrogens is 224 g/mol. The number of amides is 1. The molecule has 1 saturated heterocycles. The molecule has 0 aromatic carbocycles. The molecule has 2 saturated carbocycles. The van der Waals surface area contributed by atoms with E-state index in [1.54, 1.807) is 0 Å². The summed E-state index contributed by atoms with van der Waals surface area (Å²) in [5.41, 5.74) is 0. The van der Waals surface area contributed by atoms with E-state index in [0.717, 1.165) is 37.8 Å². The van der Waals surface area contributed by atoms with Gasteiger partial charge in [-0.2, -0.15) is 0 Å². The first-order chi connectivity index (χ1) is 8.78. The first kappa shape index (κ1) is 12.5. The predicted octanol–water partition coefficient (Wildman–Crippen LogP) is 2.17. The van der Waals surface area contributed by atoms with Gasteiger partial charge in [0.15, 0.2) is 0 Å². The van der Waals surface area contributed by atoms with Gasteiger partial charge in [0, 0.05) is 6.04 Å². The summed E-state index contributed by atoms with van der Waals surface area (Å²) in [6, 6.07) is 0.671. The summed E-state index contributed by atoms with van der Waals surface area (Å²) in [6.07, 6.45) is 8.77. The molecule has 0 radical (unpaired) electrons. The zero-order valence-corrected chi connectivity index (χ0v) is 11.5. The molecule has 0 spiro atoms. The van der Waals surface area contributed by atoms with Crippen LogP contribution in [0.5, 0.6) is 0 Å². The Balaban J connectivity index is 1.54. The van der Waals surface area contributed by atoms with E-state index in [0.29, 0.717) is 11.9 Å². The number of rotatable bonds is 4. The van der Waals surface area contributed by atoms with E-state index in [2.05, 4.69) is 17.1 Å². The van der Waals surface area contributed by atoms with Gasteiger partial charge in [0.1, 0.15) is 0 Å². The Kier molecular flexibility index (Phi) is 3.60. The van der Waals surface area contributed by atoms with Gasteiger partial charge in [-0.25, -0.2) is 0 Å². The highest BCUT2D eigenvalue weighted by atomic mass is 16.2. The second-order valence-corrected chi connectivity index (χ2v) is 6.48. The summed E-state index contributed by atoms with van der Waals surface area (Å²) in [6.45, 7) is 4.39. The molecule has 4 atom stereocenters. The third kappa shape index (κ3) is 2.29. The second-order valence-electron chi connectivity index (χ2n) is 6.48. The number of carbonyl (C=O) groups is 1. The van der Waals surface area contributed by atoms with Gasteiger partial charge in [-0.05, 0) is 63.5 Å². The van der Waals surface area contributed by atoms with E-state index >= 15 is 0 Å². The minimum Gasteiger partial charge on any atom is -0.352 e. The smallest absolute Gasteiger partial charge is 0.237 e. The number of carbonyl (C=O) groups excluding carboxylic acids is 1. The van der Waals surface area contributed by atoms with Crippen molar-refractivity contribution in [3.8, 4) is 0 Å². The third-order valence-corrected chi connectivity index (χ3v) is 5.24. The molecule has 1 unspecified atom stereocenters. The number of fused-ring (bicyclic) bond motifs is 2. The molecule has 3 nitrogen and oxygen atoms in total. The van der Waals surface area contributed by atoms with Gasteiger partial charge in [-0.1, -0.05) is 13.3 Å². The van der Waals surface area contributed by atoms with Crippen LogP contribution < -0.4 is 5.32 Å². The van der Waals surface area contributed by atoms with Crippen LogP contribution in [-0.2, 0) is 4.79 Å². The SMILES string of the molecule is CCCN1CCC[C@@H]1C(=O)NC1C[C@@H]2CC[C@H]1C2. The molecule has 102 valence electrons. The Hall–Kier alpha value is -0.570. The summed E-state index contributed by atoms with van der Waals surface area (Å²) in [4.78, 5) is 14.8. The first-order valence-corrected chi connectivity index (χ1v) is 7.82. The van der Waals surface area contributed by atoms with Crippen molar-refractivity contribution in [3.63, 3.8) is 0 Å². The fourth-order valence-corrected chi connectivity index (χ4v) is 4.38. The Morgan fingerprint density at radius 1 is 1.28 bits per heavy atom. The van der Waals surface area contributed by atoms with E-state index in [9.17, 15) is 4.79 Å². The zero-order valence-electron chi connectivity index (χ0n) is 11.5. The van der Waals surface area contributed by atoms with Gasteiger partial charge in [-0.15, -0.1) is 0 Å². The van der Waals surface area contributed by atoms with E-state index in [1.165, 1.54) is 32.1 Å². The van der Waals surface area contributed by atoms with Crippen LogP contribution in [0.2, 0.25) is 0 Å². The molecule has 3 fully saturated rings. The Labute approximate surface area is 110 Å². The molecule has 1 amide bonds. The number of likely N-dealkylation sites (tertiary alicyclic amines) is 1. The maximum absolute atomic E-state index is 12.4. The van der Waals surface area contributed by atoms with Crippen LogP contribution in [0, 0.1) is 11.8 Å². The van der Waals surface area contributed by atoms with Gasteiger partial charge < -0.3 is 5.32 Å². The van der Waals surface area contributed by atoms with E-state index in [4.69, 9.17) is 0 Å². The van der Waals surface area contributed by atoms with Gasteiger partial charge in [0.2, 0.25) is 5.91 Å². The first-order valence-electron chi connectivity index (χ1n) is 7.82. The molecule has 3 rings (SSSR count). The van der Waals surface area contributed by atoms with Gasteiger partial charge in [-0.3, -0.25) is 9.69 Å². The average Bonchev–Trinajstić information content (AvgIpc) is 3.04. The maximum atomic E-state index is 12.4. The van der Waals surface area contributed by atoms with Gasteiger partial charge in [0.25, 0.3) is 0 Å². The Bertz CT molecular complexity index is 318. The predicted molar refractivity (Wildman–Crippen MR) is 72.3 cm³/mol. The molecule has 0 aromatic rings. The Morgan fingerprint density at radius 3 is 2.83 bits per heavy atom. The number of hydrogen-bond acceptors (Lipinski definition) is 2. The van der Waals surface area contributed by atoms with E-state index in [-0.39, 0.29) is 6.04 Å². The van der Waals surface area contributed by atoms with Crippen molar-refractivity contribution in [2.45, 2.75) is 64.0 Å². The van der Waals surface area contributed by atoms with Crippen LogP contribution >= 0.6 is 0 Å². The lowest BCUT2D eigenvalue weighted by Crippen LogP contribution is -2.48. The summed E-state index contributed by atoms with van der Waals surface area (Å²) in [5, 5.41) is 3.36. The lowest BCUT2D eigenvalue weighted by atomic mass is 9.95. The zero-order chi connectivity index (χ0) is 12.5. The van der Waals surface area contributed by atoms with Crippen molar-refractivity contribution in [1.82, 2.24) is 10.2 Å². The molecular formula is C15H26N2O. The minimum absolute atomic E-state index is 0.170. The Morgan fingerprint density at radius 2 is 2.17 bits per heavy atom. The standard InChI is InChI=1S/C15H26N2O/c1-2-7-17-8-3-4-14(17)15(18)16-13-10-11-5-6-12(13)9-11/h11-14H,2-10H2,1H3,(H,16,18)/t11-,12+,13?,14-/m1/s1. The second kappa shape index (κ2) is 5.20. The summed E-state index contributed by atoms with van der Waals surface area (Å²) in [5.74, 6) is 2.02. The highest BCUT2D eigenvalue weighted by molar-refractivity contribution is 5.82. The molecule has 1 heterocycles. The fraction of sp³-hybridized carbons (Fsp3) is 0.933. The molecule has 1 aliphatic heterocycles. The number of nitrogens with one attached hydrogen (secondary N) is 1. The number of nitrogens with zero attached hydrogens (tertiary/aromatic N) is 1. The van der Waals surface area contributed by atoms with Crippen LogP contribution in [0.15, 0.2) is 0 Å². The third-order valence-electron chi connectivity index (χ3n) is 5.24. The van der Waals surface area contributed by atoms with E-state index < -0.39 is 0 Å². The molecule has 2 bridgehead atoms. The highest BCUT2D eigenvalue weighted by Gasteiger charge is 2.41. The van der Waals surface area contributed by atoms with Crippen molar-refractivity contribution in [3.05, 3.63) is 0 Å². The van der Waals surface area contributed by atoms with Crippen molar-refractivity contribution in [2.75, 3.05) is 13.1 Å². The largest absolute Gasteiger partial charge is 0.352 e.